The molecule has 0 aromatic heterocycles. The van der Waals surface area contributed by atoms with Crippen molar-refractivity contribution >= 4 is 11.9 Å². The number of carboxylic acid groups (broad SMARTS) is 1. The average molecular weight is 259 g/mol. The monoisotopic (exact) mass is 259 g/mol. The van der Waals surface area contributed by atoms with Crippen LogP contribution in [0.1, 0.15) is 6.92 Å². The molecule has 7 heteroatoms. The number of carbonyl (C=O) groups is 2. The predicted molar refractivity (Wildman–Crippen MR) is 57.1 cm³/mol. The van der Waals surface area contributed by atoms with Gasteiger partial charge >= 0.3 is 5.97 Å². The number of ether oxygens (including phenoxy) is 1. The normalized spacial score (nSPS) is 11.7. The molecule has 1 amide bonds. The quantitative estimate of drug-likeness (QED) is 0.825. The lowest BCUT2D eigenvalue weighted by Crippen LogP contribution is -2.43. The summed E-state index contributed by atoms with van der Waals surface area (Å²) in [5, 5.41) is 10.9. The number of nitrogens with one attached hydrogen (secondary N) is 1. The highest BCUT2D eigenvalue weighted by Crippen LogP contribution is 2.18. The van der Waals surface area contributed by atoms with E-state index >= 15 is 0 Å². The molecule has 1 aromatic rings. The molecule has 1 aromatic carbocycles. The van der Waals surface area contributed by atoms with E-state index in [1.54, 1.807) is 0 Å². The molecule has 1 unspecified atom stereocenters. The number of halogens is 2. The van der Waals surface area contributed by atoms with Crippen molar-refractivity contribution in [2.24, 2.45) is 0 Å². The van der Waals surface area contributed by atoms with Crippen LogP contribution < -0.4 is 10.1 Å². The second kappa shape index (κ2) is 5.95. The number of hydrogen-bond donors (Lipinski definition) is 2. The highest BCUT2D eigenvalue weighted by molar-refractivity contribution is 5.82. The SMILES string of the molecule is CC(=O)NC(COc1cc(F)ccc1F)C(=O)O. The van der Waals surface area contributed by atoms with Gasteiger partial charge in [-0.05, 0) is 12.1 Å². The highest BCUT2D eigenvalue weighted by atomic mass is 19.1. The first-order valence-corrected chi connectivity index (χ1v) is 4.98. The maximum atomic E-state index is 13.2. The number of rotatable bonds is 5. The number of aliphatic carboxylic acids is 1. The van der Waals surface area contributed by atoms with Crippen molar-refractivity contribution in [3.63, 3.8) is 0 Å². The Morgan fingerprint density at radius 3 is 2.67 bits per heavy atom. The van der Waals surface area contributed by atoms with E-state index in [-0.39, 0.29) is 0 Å². The van der Waals surface area contributed by atoms with Crippen molar-refractivity contribution in [1.29, 1.82) is 0 Å². The standard InChI is InChI=1S/C11H11F2NO4/c1-6(15)14-9(11(16)17)5-18-10-4-7(12)2-3-8(10)13/h2-4,9H,5H2,1H3,(H,14,15)(H,16,17). The van der Waals surface area contributed by atoms with Crippen LogP contribution in [0.2, 0.25) is 0 Å². The van der Waals surface area contributed by atoms with Gasteiger partial charge in [-0.1, -0.05) is 0 Å². The fourth-order valence-corrected chi connectivity index (χ4v) is 1.18. The van der Waals surface area contributed by atoms with Gasteiger partial charge in [0.1, 0.15) is 12.4 Å². The number of carboxylic acids is 1. The van der Waals surface area contributed by atoms with E-state index in [2.05, 4.69) is 5.32 Å². The van der Waals surface area contributed by atoms with Gasteiger partial charge in [-0.15, -0.1) is 0 Å². The maximum absolute atomic E-state index is 13.2. The third-order valence-corrected chi connectivity index (χ3v) is 1.97. The first-order valence-electron chi connectivity index (χ1n) is 4.98. The summed E-state index contributed by atoms with van der Waals surface area (Å²) in [5.41, 5.74) is 0. The molecule has 0 heterocycles. The average Bonchev–Trinajstić information content (AvgIpc) is 2.27. The Hall–Kier alpha value is -2.18. The first-order chi connectivity index (χ1) is 8.40. The van der Waals surface area contributed by atoms with E-state index in [0.717, 1.165) is 25.1 Å². The minimum absolute atomic E-state index is 0.411. The van der Waals surface area contributed by atoms with Crippen LogP contribution >= 0.6 is 0 Å². The Kier molecular flexibility index (Phi) is 4.59. The summed E-state index contributed by atoms with van der Waals surface area (Å²) in [6.45, 7) is 0.633. The molecule has 0 aliphatic rings. The van der Waals surface area contributed by atoms with Crippen molar-refractivity contribution in [3.8, 4) is 5.75 Å². The minimum Gasteiger partial charge on any atom is -0.488 e. The van der Waals surface area contributed by atoms with Crippen LogP contribution in [0.15, 0.2) is 18.2 Å². The van der Waals surface area contributed by atoms with Crippen LogP contribution in [-0.4, -0.2) is 29.6 Å². The largest absolute Gasteiger partial charge is 0.488 e. The molecule has 0 fully saturated rings. The fraction of sp³-hybridized carbons (Fsp3) is 0.273. The molecule has 0 saturated heterocycles. The van der Waals surface area contributed by atoms with Crippen LogP contribution in [0.5, 0.6) is 5.75 Å². The molecule has 0 aliphatic carbocycles. The summed E-state index contributed by atoms with van der Waals surface area (Å²) in [7, 11) is 0. The summed E-state index contributed by atoms with van der Waals surface area (Å²) in [5.74, 6) is -3.83. The molecular weight excluding hydrogens is 248 g/mol. The molecule has 5 nitrogen and oxygen atoms in total. The summed E-state index contributed by atoms with van der Waals surface area (Å²) in [6.07, 6.45) is 0. The lowest BCUT2D eigenvalue weighted by molar-refractivity contribution is -0.142. The Morgan fingerprint density at radius 1 is 1.44 bits per heavy atom. The third-order valence-electron chi connectivity index (χ3n) is 1.97. The second-order valence-corrected chi connectivity index (χ2v) is 3.48. The van der Waals surface area contributed by atoms with E-state index < -0.39 is 41.9 Å². The zero-order chi connectivity index (χ0) is 13.7. The lowest BCUT2D eigenvalue weighted by atomic mass is 10.3. The fourth-order valence-electron chi connectivity index (χ4n) is 1.18. The molecule has 1 atom stereocenters. The molecule has 0 aliphatic heterocycles. The van der Waals surface area contributed by atoms with Gasteiger partial charge in [0.05, 0.1) is 0 Å². The lowest BCUT2D eigenvalue weighted by Gasteiger charge is -2.14. The van der Waals surface area contributed by atoms with Crippen LogP contribution in [0.4, 0.5) is 8.78 Å². The van der Waals surface area contributed by atoms with Crippen molar-refractivity contribution in [2.45, 2.75) is 13.0 Å². The van der Waals surface area contributed by atoms with E-state index in [9.17, 15) is 18.4 Å². The molecule has 0 radical (unpaired) electrons. The topological polar surface area (TPSA) is 75.6 Å². The van der Waals surface area contributed by atoms with E-state index in [0.29, 0.717) is 0 Å². The van der Waals surface area contributed by atoms with Gasteiger partial charge in [0.15, 0.2) is 17.6 Å². The zero-order valence-corrected chi connectivity index (χ0v) is 9.44. The summed E-state index contributed by atoms with van der Waals surface area (Å²) in [4.78, 5) is 21.5. The van der Waals surface area contributed by atoms with Crippen molar-refractivity contribution in [1.82, 2.24) is 5.32 Å². The first kappa shape index (κ1) is 13.9. The molecule has 0 bridgehead atoms. The molecule has 2 N–H and O–H groups in total. The summed E-state index contributed by atoms with van der Waals surface area (Å²) < 4.78 is 30.8. The minimum atomic E-state index is -1.33. The Labute approximate surface area is 101 Å². The molecule has 18 heavy (non-hydrogen) atoms. The van der Waals surface area contributed by atoms with Gasteiger partial charge in [-0.3, -0.25) is 4.79 Å². The van der Waals surface area contributed by atoms with E-state index in [4.69, 9.17) is 9.84 Å². The number of benzene rings is 1. The van der Waals surface area contributed by atoms with Gasteiger partial charge in [0.25, 0.3) is 0 Å². The van der Waals surface area contributed by atoms with Gasteiger partial charge < -0.3 is 15.2 Å². The van der Waals surface area contributed by atoms with Crippen molar-refractivity contribution < 1.29 is 28.2 Å². The van der Waals surface area contributed by atoms with Gasteiger partial charge in [0.2, 0.25) is 5.91 Å². The Balaban J connectivity index is 2.69. The third kappa shape index (κ3) is 4.00. The molecule has 0 spiro atoms. The van der Waals surface area contributed by atoms with E-state index in [1.807, 2.05) is 0 Å². The van der Waals surface area contributed by atoms with Gasteiger partial charge in [-0.25, -0.2) is 13.6 Å². The van der Waals surface area contributed by atoms with Crippen LogP contribution in [0.3, 0.4) is 0 Å². The van der Waals surface area contributed by atoms with Gasteiger partial charge in [-0.2, -0.15) is 0 Å². The molecular formula is C11H11F2NO4. The predicted octanol–water partition coefficient (Wildman–Crippen LogP) is 0.933. The zero-order valence-electron chi connectivity index (χ0n) is 9.44. The van der Waals surface area contributed by atoms with Crippen LogP contribution in [0.25, 0.3) is 0 Å². The van der Waals surface area contributed by atoms with E-state index in [1.165, 1.54) is 0 Å². The Bertz CT molecular complexity index is 464. The maximum Gasteiger partial charge on any atom is 0.329 e. The number of carbonyl (C=O) groups excluding carboxylic acids is 1. The van der Waals surface area contributed by atoms with Crippen molar-refractivity contribution in [2.75, 3.05) is 6.61 Å². The number of hydrogen-bond acceptors (Lipinski definition) is 3. The molecule has 1 rings (SSSR count). The molecule has 0 saturated carbocycles. The van der Waals surface area contributed by atoms with Gasteiger partial charge in [0, 0.05) is 13.0 Å². The summed E-state index contributed by atoms with van der Waals surface area (Å²) >= 11 is 0. The van der Waals surface area contributed by atoms with Crippen molar-refractivity contribution in [3.05, 3.63) is 29.8 Å². The van der Waals surface area contributed by atoms with Crippen LogP contribution in [0, 0.1) is 11.6 Å². The number of amides is 1. The van der Waals surface area contributed by atoms with Crippen LogP contribution in [-0.2, 0) is 9.59 Å². The summed E-state index contributed by atoms with van der Waals surface area (Å²) in [6, 6.07) is 1.23. The second-order valence-electron chi connectivity index (χ2n) is 3.48. The molecule has 98 valence electrons. The highest BCUT2D eigenvalue weighted by Gasteiger charge is 2.20. The smallest absolute Gasteiger partial charge is 0.329 e. The Morgan fingerprint density at radius 2 is 2.11 bits per heavy atom.